The van der Waals surface area contributed by atoms with E-state index in [4.69, 9.17) is 5.26 Å². The minimum atomic E-state index is -2.99. The number of sulfone groups is 1. The summed E-state index contributed by atoms with van der Waals surface area (Å²) >= 11 is 0. The molecule has 0 saturated heterocycles. The van der Waals surface area contributed by atoms with Gasteiger partial charge in [-0.15, -0.1) is 0 Å². The van der Waals surface area contributed by atoms with Crippen molar-refractivity contribution in [2.24, 2.45) is 7.05 Å². The largest absolute Gasteiger partial charge is 0.272 e. The molecule has 1 aliphatic heterocycles. The second kappa shape index (κ2) is 3.35. The van der Waals surface area contributed by atoms with Crippen molar-refractivity contribution in [2.45, 2.75) is 18.6 Å². The number of hydrogen-bond donors (Lipinski definition) is 0. The summed E-state index contributed by atoms with van der Waals surface area (Å²) in [6.07, 6.45) is 0.686. The Bertz CT molecular complexity index is 536. The fourth-order valence-electron chi connectivity index (χ4n) is 1.90. The molecule has 15 heavy (non-hydrogen) atoms. The van der Waals surface area contributed by atoms with Crippen molar-refractivity contribution < 1.29 is 8.42 Å². The molecule has 0 saturated carbocycles. The summed E-state index contributed by atoms with van der Waals surface area (Å²) in [6.45, 7) is 0. The van der Waals surface area contributed by atoms with E-state index in [2.05, 4.69) is 5.10 Å². The third kappa shape index (κ3) is 1.75. The fraction of sp³-hybridized carbons (Fsp3) is 0.556. The van der Waals surface area contributed by atoms with Gasteiger partial charge in [-0.05, 0) is 0 Å². The van der Waals surface area contributed by atoms with Gasteiger partial charge in [0.15, 0.2) is 9.84 Å². The Morgan fingerprint density at radius 1 is 1.60 bits per heavy atom. The Kier molecular flexibility index (Phi) is 2.27. The molecule has 1 aromatic heterocycles. The number of rotatable bonds is 1. The highest BCUT2D eigenvalue weighted by Crippen LogP contribution is 2.23. The standard InChI is InChI=1S/C9H11N3O2S/c1-12-9-3-5-15(13,14)6-7(9)8(11-12)2-4-10/h2-3,5-6H2,1H3. The maximum absolute atomic E-state index is 11.5. The monoisotopic (exact) mass is 225 g/mol. The van der Waals surface area contributed by atoms with Gasteiger partial charge in [0.1, 0.15) is 0 Å². The van der Waals surface area contributed by atoms with Crippen molar-refractivity contribution in [3.05, 3.63) is 17.0 Å². The number of aromatic nitrogens is 2. The van der Waals surface area contributed by atoms with Crippen LogP contribution in [-0.4, -0.2) is 24.0 Å². The van der Waals surface area contributed by atoms with Gasteiger partial charge in [0, 0.05) is 24.7 Å². The fourth-order valence-corrected chi connectivity index (χ4v) is 3.33. The van der Waals surface area contributed by atoms with Crippen LogP contribution in [0.1, 0.15) is 17.0 Å². The van der Waals surface area contributed by atoms with Crippen LogP contribution in [0.2, 0.25) is 0 Å². The second-order valence-electron chi connectivity index (χ2n) is 3.67. The number of nitriles is 1. The number of fused-ring (bicyclic) bond motifs is 1. The van der Waals surface area contributed by atoms with E-state index in [-0.39, 0.29) is 17.9 Å². The molecule has 0 unspecified atom stereocenters. The van der Waals surface area contributed by atoms with Gasteiger partial charge in [0.2, 0.25) is 0 Å². The van der Waals surface area contributed by atoms with Crippen molar-refractivity contribution in [1.29, 1.82) is 5.26 Å². The van der Waals surface area contributed by atoms with Gasteiger partial charge in [0.05, 0.1) is 29.7 Å². The molecule has 0 atom stereocenters. The van der Waals surface area contributed by atoms with Crippen LogP contribution in [0.15, 0.2) is 0 Å². The highest BCUT2D eigenvalue weighted by atomic mass is 32.2. The van der Waals surface area contributed by atoms with Gasteiger partial charge >= 0.3 is 0 Å². The first-order valence-electron chi connectivity index (χ1n) is 4.64. The van der Waals surface area contributed by atoms with Crippen molar-refractivity contribution in [3.8, 4) is 6.07 Å². The third-order valence-corrected chi connectivity index (χ3v) is 4.17. The second-order valence-corrected chi connectivity index (χ2v) is 5.86. The predicted octanol–water partition coefficient (Wildman–Crippen LogP) is -0.0429. The Morgan fingerprint density at radius 3 is 3.00 bits per heavy atom. The van der Waals surface area contributed by atoms with Crippen LogP contribution in [-0.2, 0) is 35.5 Å². The molecule has 5 nitrogen and oxygen atoms in total. The first-order chi connectivity index (χ1) is 7.03. The van der Waals surface area contributed by atoms with Gasteiger partial charge in [0.25, 0.3) is 0 Å². The van der Waals surface area contributed by atoms with Crippen LogP contribution in [0, 0.1) is 11.3 Å². The minimum absolute atomic E-state index is 0.0349. The van der Waals surface area contributed by atoms with E-state index in [0.717, 1.165) is 11.3 Å². The maximum atomic E-state index is 11.5. The number of hydrogen-bond acceptors (Lipinski definition) is 4. The zero-order valence-corrected chi connectivity index (χ0v) is 9.21. The van der Waals surface area contributed by atoms with Crippen molar-refractivity contribution >= 4 is 9.84 Å². The first kappa shape index (κ1) is 10.2. The molecule has 0 amide bonds. The van der Waals surface area contributed by atoms with Crippen LogP contribution in [0.3, 0.4) is 0 Å². The van der Waals surface area contributed by atoms with E-state index in [1.54, 1.807) is 11.7 Å². The summed E-state index contributed by atoms with van der Waals surface area (Å²) in [7, 11) is -1.20. The summed E-state index contributed by atoms with van der Waals surface area (Å²) in [5, 5.41) is 12.8. The molecule has 0 aromatic carbocycles. The number of nitrogens with zero attached hydrogens (tertiary/aromatic N) is 3. The molecule has 0 bridgehead atoms. The van der Waals surface area contributed by atoms with E-state index in [1.807, 2.05) is 6.07 Å². The van der Waals surface area contributed by atoms with Gasteiger partial charge in [-0.2, -0.15) is 10.4 Å². The SMILES string of the molecule is Cn1nc(CC#N)c2c1CCS(=O)(=O)C2. The normalized spacial score (nSPS) is 18.1. The van der Waals surface area contributed by atoms with E-state index >= 15 is 0 Å². The lowest BCUT2D eigenvalue weighted by Crippen LogP contribution is -2.20. The summed E-state index contributed by atoms with van der Waals surface area (Å²) in [5.41, 5.74) is 2.30. The first-order valence-corrected chi connectivity index (χ1v) is 6.46. The molecule has 1 aliphatic rings. The Balaban J connectivity index is 2.52. The minimum Gasteiger partial charge on any atom is -0.272 e. The summed E-state index contributed by atoms with van der Waals surface area (Å²) in [4.78, 5) is 0. The summed E-state index contributed by atoms with van der Waals surface area (Å²) in [6, 6.07) is 2.00. The Labute approximate surface area is 88.2 Å². The summed E-state index contributed by atoms with van der Waals surface area (Å²) < 4.78 is 24.6. The zero-order valence-electron chi connectivity index (χ0n) is 8.39. The van der Waals surface area contributed by atoms with Crippen LogP contribution in [0.25, 0.3) is 0 Å². The number of aryl methyl sites for hydroxylation is 1. The molecule has 80 valence electrons. The molecule has 0 N–H and O–H groups in total. The average Bonchev–Trinajstić information content (AvgIpc) is 2.42. The predicted molar refractivity (Wildman–Crippen MR) is 53.7 cm³/mol. The van der Waals surface area contributed by atoms with Gasteiger partial charge < -0.3 is 0 Å². The quantitative estimate of drug-likeness (QED) is 0.672. The smallest absolute Gasteiger partial charge is 0.154 e. The molecular formula is C9H11N3O2S. The lowest BCUT2D eigenvalue weighted by Gasteiger charge is -2.13. The molecule has 0 spiro atoms. The van der Waals surface area contributed by atoms with Crippen molar-refractivity contribution in [1.82, 2.24) is 9.78 Å². The molecule has 6 heteroatoms. The highest BCUT2D eigenvalue weighted by Gasteiger charge is 2.27. The van der Waals surface area contributed by atoms with Gasteiger partial charge in [-0.25, -0.2) is 8.42 Å². The Morgan fingerprint density at radius 2 is 2.33 bits per heavy atom. The van der Waals surface area contributed by atoms with Crippen LogP contribution in [0.4, 0.5) is 0 Å². The highest BCUT2D eigenvalue weighted by molar-refractivity contribution is 7.90. The van der Waals surface area contributed by atoms with Gasteiger partial charge in [-0.3, -0.25) is 4.68 Å². The molecule has 0 fully saturated rings. The van der Waals surface area contributed by atoms with E-state index < -0.39 is 9.84 Å². The Hall–Kier alpha value is -1.35. The molecule has 1 aromatic rings. The molecular weight excluding hydrogens is 214 g/mol. The van der Waals surface area contributed by atoms with Crippen molar-refractivity contribution in [3.63, 3.8) is 0 Å². The molecule has 0 aliphatic carbocycles. The van der Waals surface area contributed by atoms with E-state index in [0.29, 0.717) is 12.1 Å². The summed E-state index contributed by atoms with van der Waals surface area (Å²) in [5.74, 6) is 0.221. The third-order valence-electron chi connectivity index (χ3n) is 2.62. The molecule has 2 rings (SSSR count). The molecule has 2 heterocycles. The van der Waals surface area contributed by atoms with Crippen molar-refractivity contribution in [2.75, 3.05) is 5.75 Å². The topological polar surface area (TPSA) is 75.8 Å². The molecule has 0 radical (unpaired) electrons. The van der Waals surface area contributed by atoms with E-state index in [1.165, 1.54) is 0 Å². The van der Waals surface area contributed by atoms with Crippen LogP contribution >= 0.6 is 0 Å². The van der Waals surface area contributed by atoms with Crippen LogP contribution in [0.5, 0.6) is 0 Å². The average molecular weight is 225 g/mol. The van der Waals surface area contributed by atoms with Crippen LogP contribution < -0.4 is 0 Å². The zero-order chi connectivity index (χ0) is 11.1. The maximum Gasteiger partial charge on any atom is 0.154 e. The lowest BCUT2D eigenvalue weighted by molar-refractivity contribution is 0.589. The van der Waals surface area contributed by atoms with Gasteiger partial charge in [-0.1, -0.05) is 0 Å². The van der Waals surface area contributed by atoms with E-state index in [9.17, 15) is 8.42 Å². The lowest BCUT2D eigenvalue weighted by atomic mass is 10.1.